The number of likely N-dealkylation sites (N-methyl/N-ethyl adjacent to an activating group) is 1. The van der Waals surface area contributed by atoms with Crippen LogP contribution in [-0.4, -0.2) is 147 Å². The maximum Gasteiger partial charge on any atom is 0.246 e. The molecule has 9 atom stereocenters. The Morgan fingerprint density at radius 3 is 1.97 bits per heavy atom. The van der Waals surface area contributed by atoms with Gasteiger partial charge in [0.25, 0.3) is 0 Å². The average molecular weight is 998 g/mol. The monoisotopic (exact) mass is 998 g/mol. The smallest absolute Gasteiger partial charge is 0.246 e. The summed E-state index contributed by atoms with van der Waals surface area (Å²) in [4.78, 5) is 125. The van der Waals surface area contributed by atoms with E-state index in [-0.39, 0.29) is 63.3 Å². The molecule has 3 aromatic rings. The van der Waals surface area contributed by atoms with E-state index in [9.17, 15) is 43.5 Å². The van der Waals surface area contributed by atoms with E-state index in [1.165, 1.54) is 48.4 Å². The highest BCUT2D eigenvalue weighted by molar-refractivity contribution is 5.99. The van der Waals surface area contributed by atoms with Crippen LogP contribution in [0.4, 0.5) is 0 Å². The van der Waals surface area contributed by atoms with Crippen molar-refractivity contribution in [3.8, 4) is 5.75 Å². The number of nitrogens with two attached hydrogens (primary N) is 1. The minimum Gasteiger partial charge on any atom is -0.508 e. The first kappa shape index (κ1) is 55.4. The second kappa shape index (κ2) is 26.1. The van der Waals surface area contributed by atoms with Crippen molar-refractivity contribution < 1.29 is 43.5 Å². The SMILES string of the molecule is CC[C@H](C)[C@@H]1NC(=O)[C@H](Cc2ccc(O)cc2)NC(=O)[C@H](C(C)C)NC(=O)[C@H](CCCNC(=N)N)NC(=O)[C@H](C)N(C)C(=O)[C@H](Cc2ccccc2)NC(=O)[C@@H]2CCCN2C(=O)[C@H](Cc2cnc[nH]2)NC1=O. The predicted molar refractivity (Wildman–Crippen MR) is 266 cm³/mol. The first-order valence-electron chi connectivity index (χ1n) is 24.5. The van der Waals surface area contributed by atoms with Crippen molar-refractivity contribution in [2.24, 2.45) is 17.6 Å². The molecule has 2 saturated heterocycles. The number of imidazole rings is 1. The van der Waals surface area contributed by atoms with Crippen molar-refractivity contribution in [2.75, 3.05) is 20.1 Å². The van der Waals surface area contributed by atoms with Crippen LogP contribution >= 0.6 is 0 Å². The first-order chi connectivity index (χ1) is 34.3. The fraction of sp³-hybridized carbons (Fsp3) is 0.520. The molecule has 8 amide bonds. The topological polar surface area (TPSA) is 326 Å². The molecule has 2 aliphatic heterocycles. The van der Waals surface area contributed by atoms with E-state index >= 15 is 0 Å². The zero-order valence-electron chi connectivity index (χ0n) is 41.8. The van der Waals surface area contributed by atoms with E-state index in [1.54, 1.807) is 63.2 Å². The highest BCUT2D eigenvalue weighted by atomic mass is 16.3. The highest BCUT2D eigenvalue weighted by Crippen LogP contribution is 2.22. The third kappa shape index (κ3) is 15.2. The van der Waals surface area contributed by atoms with Gasteiger partial charge in [-0.05, 0) is 67.7 Å². The maximum atomic E-state index is 14.8. The number of hydrogen-bond acceptors (Lipinski definition) is 11. The average Bonchev–Trinajstić information content (AvgIpc) is 4.07. The molecule has 5 rings (SSSR count). The molecule has 0 spiro atoms. The van der Waals surface area contributed by atoms with E-state index in [0.717, 1.165) is 0 Å². The first-order valence-corrected chi connectivity index (χ1v) is 24.5. The van der Waals surface area contributed by atoms with Gasteiger partial charge in [-0.1, -0.05) is 76.6 Å². The molecule has 72 heavy (non-hydrogen) atoms. The molecular formula is C50H71N13O9. The minimum absolute atomic E-state index is 0.00562. The highest BCUT2D eigenvalue weighted by Gasteiger charge is 2.42. The second-order valence-electron chi connectivity index (χ2n) is 19.0. The standard InChI is InChI=1S/C50H71N13O9/c1-7-29(4)41-47(70)59-38(25-33-26-53-27-55-33)49(72)63-22-12-16-39(63)45(68)58-37(24-31-13-9-8-10-14-31)48(71)62(6)30(5)42(65)56-35(15-11-21-54-50(51)52)43(66)60-40(28(2)3)46(69)57-36(44(67)61-41)23-32-17-19-34(64)20-18-32/h8-10,13-14,17-20,26-30,35-41,64H,7,11-12,15-16,21-25H2,1-6H3,(H,53,55)(H,56,65)(H,57,69)(H,58,68)(H,59,70)(H,60,66)(H,61,67)(H4,51,52,54)/t29-,30-,35-,36-,37-,38-,39-,40-,41-/m0/s1. The van der Waals surface area contributed by atoms with Crippen LogP contribution in [0.25, 0.3) is 0 Å². The number of phenols is 1. The van der Waals surface area contributed by atoms with Gasteiger partial charge in [0, 0.05) is 51.3 Å². The number of carbonyl (C=O) groups excluding carboxylic acids is 8. The van der Waals surface area contributed by atoms with Gasteiger partial charge in [0.2, 0.25) is 47.3 Å². The molecule has 2 fully saturated rings. The summed E-state index contributed by atoms with van der Waals surface area (Å²) in [6, 6.07) is 5.06. The molecule has 0 bridgehead atoms. The van der Waals surface area contributed by atoms with E-state index in [2.05, 4.69) is 47.2 Å². The summed E-state index contributed by atoms with van der Waals surface area (Å²) in [6.07, 6.45) is 4.09. The Labute approximate surface area is 419 Å². The molecule has 22 nitrogen and oxygen atoms in total. The summed E-state index contributed by atoms with van der Waals surface area (Å²) in [5.41, 5.74) is 7.23. The number of amides is 8. The lowest BCUT2D eigenvalue weighted by atomic mass is 9.96. The summed E-state index contributed by atoms with van der Waals surface area (Å²) in [5, 5.41) is 37.1. The van der Waals surface area contributed by atoms with E-state index in [4.69, 9.17) is 11.1 Å². The van der Waals surface area contributed by atoms with Gasteiger partial charge < -0.3 is 62.8 Å². The molecule has 390 valence electrons. The van der Waals surface area contributed by atoms with E-state index < -0.39 is 107 Å². The van der Waals surface area contributed by atoms with Crippen molar-refractivity contribution in [3.63, 3.8) is 0 Å². The Morgan fingerprint density at radius 2 is 1.33 bits per heavy atom. The molecule has 0 aliphatic carbocycles. The number of aromatic nitrogens is 2. The van der Waals surface area contributed by atoms with Gasteiger partial charge in [0.05, 0.1) is 6.33 Å². The molecule has 0 radical (unpaired) electrons. The van der Waals surface area contributed by atoms with Gasteiger partial charge >= 0.3 is 0 Å². The van der Waals surface area contributed by atoms with Gasteiger partial charge in [-0.2, -0.15) is 0 Å². The number of phenolic OH excluding ortho intramolecular Hbond substituents is 1. The Hall–Kier alpha value is -7.52. The summed E-state index contributed by atoms with van der Waals surface area (Å²) >= 11 is 0. The van der Waals surface area contributed by atoms with Crippen LogP contribution in [0.1, 0.15) is 83.5 Å². The number of fused-ring (bicyclic) bond motifs is 1. The number of carbonyl (C=O) groups is 8. The molecule has 2 aliphatic rings. The van der Waals surface area contributed by atoms with Gasteiger partial charge in [0.1, 0.15) is 54.1 Å². The minimum atomic E-state index is -1.34. The lowest BCUT2D eigenvalue weighted by Gasteiger charge is -2.33. The van der Waals surface area contributed by atoms with E-state index in [1.807, 2.05) is 6.92 Å². The van der Waals surface area contributed by atoms with Crippen molar-refractivity contribution in [2.45, 2.75) is 134 Å². The number of hydrogen-bond donors (Lipinski definition) is 11. The Morgan fingerprint density at radius 1 is 0.750 bits per heavy atom. The summed E-state index contributed by atoms with van der Waals surface area (Å²) < 4.78 is 0. The number of rotatable bonds is 13. The Balaban J connectivity index is 1.58. The Bertz CT molecular complexity index is 2370. The number of aromatic hydroxyl groups is 1. The van der Waals surface area contributed by atoms with Gasteiger partial charge in [0.15, 0.2) is 5.96 Å². The fourth-order valence-electron chi connectivity index (χ4n) is 8.68. The van der Waals surface area contributed by atoms with Crippen molar-refractivity contribution in [1.82, 2.24) is 57.0 Å². The van der Waals surface area contributed by atoms with Crippen LogP contribution in [0.2, 0.25) is 0 Å². The number of benzene rings is 2. The molecule has 12 N–H and O–H groups in total. The number of nitrogens with one attached hydrogen (secondary N) is 9. The van der Waals surface area contributed by atoms with Crippen LogP contribution in [0.3, 0.4) is 0 Å². The summed E-state index contributed by atoms with van der Waals surface area (Å²) in [5.74, 6) is -6.94. The van der Waals surface area contributed by atoms with Crippen molar-refractivity contribution in [1.29, 1.82) is 5.41 Å². The lowest BCUT2D eigenvalue weighted by molar-refractivity contribution is -0.144. The Kier molecular flexibility index (Phi) is 20.1. The number of aromatic amines is 1. The van der Waals surface area contributed by atoms with Crippen LogP contribution in [0, 0.1) is 17.2 Å². The zero-order valence-corrected chi connectivity index (χ0v) is 41.8. The number of nitrogens with zero attached hydrogens (tertiary/aromatic N) is 3. The molecule has 3 heterocycles. The second-order valence-corrected chi connectivity index (χ2v) is 19.0. The normalized spacial score (nSPS) is 25.0. The predicted octanol–water partition coefficient (Wildman–Crippen LogP) is -0.131. The molecule has 1 aromatic heterocycles. The molecule has 0 unspecified atom stereocenters. The number of H-pyrrole nitrogens is 1. The maximum absolute atomic E-state index is 14.8. The van der Waals surface area contributed by atoms with Crippen LogP contribution in [0.15, 0.2) is 67.1 Å². The summed E-state index contributed by atoms with van der Waals surface area (Å²) in [7, 11) is 1.40. The molecular weight excluding hydrogens is 927 g/mol. The molecule has 2 aromatic carbocycles. The molecule has 0 saturated carbocycles. The zero-order chi connectivity index (χ0) is 52.6. The van der Waals surface area contributed by atoms with Crippen molar-refractivity contribution >= 4 is 53.2 Å². The van der Waals surface area contributed by atoms with Crippen LogP contribution in [-0.2, 0) is 57.6 Å². The van der Waals surface area contributed by atoms with Crippen LogP contribution < -0.4 is 43.0 Å². The largest absolute Gasteiger partial charge is 0.508 e. The molecule has 22 heteroatoms. The number of guanidine groups is 1. The lowest BCUT2D eigenvalue weighted by Crippen LogP contribution is -2.62. The van der Waals surface area contributed by atoms with Gasteiger partial charge in [-0.3, -0.25) is 43.8 Å². The van der Waals surface area contributed by atoms with Crippen LogP contribution in [0.5, 0.6) is 5.75 Å². The fourth-order valence-corrected chi connectivity index (χ4v) is 8.68. The quantitative estimate of drug-likeness (QED) is 0.0607. The third-order valence-electron chi connectivity index (χ3n) is 13.3. The summed E-state index contributed by atoms with van der Waals surface area (Å²) in [6.45, 7) is 8.72. The van der Waals surface area contributed by atoms with E-state index in [0.29, 0.717) is 29.7 Å². The van der Waals surface area contributed by atoms with Gasteiger partial charge in [-0.15, -0.1) is 0 Å². The van der Waals surface area contributed by atoms with Gasteiger partial charge in [-0.25, -0.2) is 4.98 Å². The third-order valence-corrected chi connectivity index (χ3v) is 13.3. The van der Waals surface area contributed by atoms with Crippen molar-refractivity contribution in [3.05, 3.63) is 83.9 Å².